The Labute approximate surface area is 84.8 Å². The van der Waals surface area contributed by atoms with Crippen molar-refractivity contribution < 1.29 is 66.4 Å². The van der Waals surface area contributed by atoms with Crippen molar-refractivity contribution in [1.82, 2.24) is 0 Å². The van der Waals surface area contributed by atoms with Crippen LogP contribution in [0.2, 0.25) is 0 Å². The molecule has 0 aromatic rings. The van der Waals surface area contributed by atoms with E-state index < -0.39 is 46.3 Å². The Morgan fingerprint density at radius 3 is 1.31 bits per heavy atom. The summed E-state index contributed by atoms with van der Waals surface area (Å²) in [7, 11) is 0. The van der Waals surface area contributed by atoms with Gasteiger partial charge in [-0.2, -0.15) is 0 Å². The van der Waals surface area contributed by atoms with Crippen molar-refractivity contribution >= 4 is 18.5 Å². The van der Waals surface area contributed by atoms with Gasteiger partial charge in [-0.15, -0.1) is 0 Å². The van der Waals surface area contributed by atoms with E-state index in [4.69, 9.17) is 4.47 Å². The van der Waals surface area contributed by atoms with Gasteiger partial charge in [-0.1, -0.05) is 0 Å². The van der Waals surface area contributed by atoms with Crippen molar-refractivity contribution in [1.29, 1.82) is 0 Å². The first kappa shape index (κ1) is 14.4. The molecule has 0 radical (unpaired) electrons. The Bertz CT molecular complexity index is 219. The fourth-order valence-corrected chi connectivity index (χ4v) is 0.157. The van der Waals surface area contributed by atoms with Gasteiger partial charge in [0, 0.05) is 0 Å². The molecule has 0 unspecified atom stereocenters. The fourth-order valence-electron chi connectivity index (χ4n) is 0.157. The minimum absolute atomic E-state index is 1.92. The number of carbonyl (C=O) groups excluding carboxylic acids is 3. The van der Waals surface area contributed by atoms with Crippen LogP contribution in [0.15, 0.2) is 0 Å². The SMILES string of the molecule is O=C([O-])OC(=O)OC(=O)[O-].[O]=[U+2]=[O]. The van der Waals surface area contributed by atoms with Crippen LogP contribution in [-0.2, 0) is 13.9 Å². The molecule has 0 heterocycles. The van der Waals surface area contributed by atoms with Gasteiger partial charge in [-0.3, -0.25) is 0 Å². The number of carboxylic acid groups (broad SMARTS) is 2. The molecule has 0 aromatic carbocycles. The molecule has 0 amide bonds. The molecule has 0 saturated carbocycles. The molecule has 0 N–H and O–H groups in total. The summed E-state index contributed by atoms with van der Waals surface area (Å²) >= 11 is -2.51. The van der Waals surface area contributed by atoms with E-state index in [0.29, 0.717) is 0 Å². The molecular weight excluding hydrogens is 418 g/mol. The molecule has 9 nitrogen and oxygen atoms in total. The molecule has 0 bridgehead atoms. The maximum absolute atomic E-state index is 9.78. The Hall–Kier alpha value is -1.14. The van der Waals surface area contributed by atoms with Crippen LogP contribution in [0.5, 0.6) is 0 Å². The van der Waals surface area contributed by atoms with Crippen molar-refractivity contribution in [3.63, 3.8) is 0 Å². The average Bonchev–Trinajstić information content (AvgIpc) is 1.83. The normalized spacial score (nSPS) is 6.77. The van der Waals surface area contributed by atoms with Crippen molar-refractivity contribution in [2.45, 2.75) is 0 Å². The first-order chi connectivity index (χ1) is 5.93. The fraction of sp³-hybridized carbons (Fsp3) is 0. The van der Waals surface area contributed by atoms with E-state index in [-0.39, 0.29) is 0 Å². The zero-order valence-electron chi connectivity index (χ0n) is 5.67. The molecule has 0 aliphatic carbocycles. The Morgan fingerprint density at radius 2 is 1.15 bits per heavy atom. The Morgan fingerprint density at radius 1 is 0.923 bits per heavy atom. The van der Waals surface area contributed by atoms with Crippen LogP contribution in [-0.4, -0.2) is 18.5 Å². The molecule has 0 aliphatic heterocycles. The van der Waals surface area contributed by atoms with Gasteiger partial charge in [0.1, 0.15) is 0 Å². The monoisotopic (exact) mass is 418 g/mol. The van der Waals surface area contributed by atoms with Crippen LogP contribution in [0, 0.1) is 27.8 Å². The van der Waals surface area contributed by atoms with Gasteiger partial charge < -0.3 is 29.3 Å². The molecule has 0 rings (SSSR count). The average molecular weight is 418 g/mol. The summed E-state index contributed by atoms with van der Waals surface area (Å²) in [5, 5.41) is 18.7. The van der Waals surface area contributed by atoms with E-state index in [2.05, 4.69) is 9.47 Å². The Balaban J connectivity index is 0. The Kier molecular flexibility index (Phi) is 9.91. The second-order valence-corrected chi connectivity index (χ2v) is 1.73. The molecule has 0 spiro atoms. The number of hydrogen-bond acceptors (Lipinski definition) is 9. The van der Waals surface area contributed by atoms with Crippen molar-refractivity contribution in [3.8, 4) is 0 Å². The second-order valence-electron chi connectivity index (χ2n) is 1.04. The van der Waals surface area contributed by atoms with Crippen LogP contribution in [0.25, 0.3) is 0 Å². The van der Waals surface area contributed by atoms with E-state index >= 15 is 0 Å². The van der Waals surface area contributed by atoms with Gasteiger partial charge >= 0.3 is 38.4 Å². The van der Waals surface area contributed by atoms with Crippen molar-refractivity contribution in [3.05, 3.63) is 0 Å². The molecule has 0 aromatic heterocycles. The summed E-state index contributed by atoms with van der Waals surface area (Å²) in [6.45, 7) is 0. The summed E-state index contributed by atoms with van der Waals surface area (Å²) in [5.41, 5.74) is 0. The molecule has 0 saturated heterocycles. The maximum atomic E-state index is 9.78. The van der Waals surface area contributed by atoms with Crippen LogP contribution >= 0.6 is 0 Å². The first-order valence-electron chi connectivity index (χ1n) is 2.25. The molecule has 0 aliphatic rings. The predicted octanol–water partition coefficient (Wildman–Crippen LogP) is -2.41. The van der Waals surface area contributed by atoms with Crippen molar-refractivity contribution in [2.75, 3.05) is 0 Å². The minimum atomic E-state index is -2.51. The van der Waals surface area contributed by atoms with E-state index in [9.17, 15) is 24.6 Å². The van der Waals surface area contributed by atoms with E-state index in [1.165, 1.54) is 0 Å². The molecule has 13 heavy (non-hydrogen) atoms. The third kappa shape index (κ3) is 18.1. The van der Waals surface area contributed by atoms with Gasteiger partial charge in [0.25, 0.3) is 12.3 Å². The van der Waals surface area contributed by atoms with Gasteiger partial charge in [0.15, 0.2) is 0 Å². The third-order valence-electron chi connectivity index (χ3n) is 0.333. The second kappa shape index (κ2) is 8.95. The number of hydrogen-bond donors (Lipinski definition) is 0. The van der Waals surface area contributed by atoms with Crippen LogP contribution in [0.4, 0.5) is 14.4 Å². The van der Waals surface area contributed by atoms with E-state index in [0.717, 1.165) is 0 Å². The standard InChI is InChI=1S/C3H2O7.2O.U/c4-1(5)9-3(8)10-2(6)7;;;/h(H,4,5)(H,6,7);;;/q;;;+2/p-2. The van der Waals surface area contributed by atoms with Crippen LogP contribution < -0.4 is 10.2 Å². The number of carbonyl (C=O) groups is 3. The summed E-state index contributed by atoms with van der Waals surface area (Å²) < 4.78 is 23.3. The topological polar surface area (TPSA) is 150 Å². The summed E-state index contributed by atoms with van der Waals surface area (Å²) in [5.74, 6) is 0. The quantitative estimate of drug-likeness (QED) is 0.310. The molecule has 10 heteroatoms. The van der Waals surface area contributed by atoms with Gasteiger partial charge in [-0.25, -0.2) is 4.79 Å². The van der Waals surface area contributed by atoms with E-state index in [1.807, 2.05) is 0 Å². The summed E-state index contributed by atoms with van der Waals surface area (Å²) in [6, 6.07) is 0. The first-order valence-corrected chi connectivity index (χ1v) is 5.65. The van der Waals surface area contributed by atoms with Crippen LogP contribution in [0.3, 0.4) is 0 Å². The molecular formula is C3O9U. The molecule has 0 fully saturated rings. The number of ether oxygens (including phenoxy) is 2. The van der Waals surface area contributed by atoms with Gasteiger partial charge in [-0.05, 0) is 0 Å². The van der Waals surface area contributed by atoms with Gasteiger partial charge in [0.05, 0.1) is 0 Å². The van der Waals surface area contributed by atoms with Crippen molar-refractivity contribution in [2.24, 2.45) is 0 Å². The third-order valence-corrected chi connectivity index (χ3v) is 0.333. The zero-order valence-corrected chi connectivity index (χ0v) is 9.84. The molecule has 70 valence electrons. The van der Waals surface area contributed by atoms with Gasteiger partial charge in [0.2, 0.25) is 0 Å². The predicted molar refractivity (Wildman–Crippen MR) is 19.7 cm³/mol. The summed E-state index contributed by atoms with van der Waals surface area (Å²) in [6.07, 6.45) is -6.32. The number of rotatable bonds is 0. The van der Waals surface area contributed by atoms with Crippen LogP contribution in [0.1, 0.15) is 0 Å². The zero-order chi connectivity index (χ0) is 10.9. The molecule has 0 atom stereocenters. The van der Waals surface area contributed by atoms with E-state index in [1.54, 1.807) is 0 Å². The summed E-state index contributed by atoms with van der Waals surface area (Å²) in [4.78, 5) is 28.5.